The number of alkyl halides is 1. The molecule has 0 aromatic rings. The molecule has 0 nitrogen and oxygen atoms in total. The predicted molar refractivity (Wildman–Crippen MR) is 118 cm³/mol. The van der Waals surface area contributed by atoms with Gasteiger partial charge in [-0.1, -0.05) is 65.5 Å². The van der Waals surface area contributed by atoms with Crippen LogP contribution < -0.4 is 0 Å². The van der Waals surface area contributed by atoms with E-state index in [1.165, 1.54) is 56.9 Å². The molecule has 4 aliphatic carbocycles. The van der Waals surface area contributed by atoms with Gasteiger partial charge in [-0.15, -0.1) is 0 Å². The van der Waals surface area contributed by atoms with Crippen molar-refractivity contribution >= 4 is 0 Å². The Hall–Kier alpha value is -0.330. The summed E-state index contributed by atoms with van der Waals surface area (Å²) in [7, 11) is 0. The minimum atomic E-state index is -0.577. The normalized spacial score (nSPS) is 46.5. The van der Waals surface area contributed by atoms with E-state index in [0.29, 0.717) is 10.8 Å². The van der Waals surface area contributed by atoms with Gasteiger partial charge in [-0.3, -0.25) is 0 Å². The molecule has 4 rings (SSSR count). The van der Waals surface area contributed by atoms with E-state index in [-0.39, 0.29) is 0 Å². The lowest BCUT2D eigenvalue weighted by atomic mass is 9.47. The van der Waals surface area contributed by atoms with Crippen molar-refractivity contribution in [1.29, 1.82) is 0 Å². The van der Waals surface area contributed by atoms with Crippen LogP contribution in [0.2, 0.25) is 0 Å². The maximum absolute atomic E-state index is 14.1. The van der Waals surface area contributed by atoms with Crippen LogP contribution in [0.15, 0.2) is 11.6 Å². The Morgan fingerprint density at radius 1 is 1.00 bits per heavy atom. The molecule has 0 aliphatic heterocycles. The van der Waals surface area contributed by atoms with Crippen LogP contribution in [0.5, 0.6) is 0 Å². The first-order valence-electron chi connectivity index (χ1n) is 12.6. The van der Waals surface area contributed by atoms with Crippen LogP contribution in [-0.2, 0) is 0 Å². The SMILES string of the molecule is CC(C)CCCC(C)C1CCC2C3CC=C4C[C@@H](F)CCC4(C)C3CCC12C. The Balaban J connectivity index is 1.49. The first-order valence-corrected chi connectivity index (χ1v) is 12.6. The van der Waals surface area contributed by atoms with Crippen molar-refractivity contribution in [1.82, 2.24) is 0 Å². The van der Waals surface area contributed by atoms with Gasteiger partial charge in [0.15, 0.2) is 0 Å². The van der Waals surface area contributed by atoms with Gasteiger partial charge in [0.05, 0.1) is 0 Å². The zero-order chi connectivity index (χ0) is 20.1. The van der Waals surface area contributed by atoms with Crippen LogP contribution in [-0.4, -0.2) is 6.17 Å². The molecule has 0 N–H and O–H groups in total. The van der Waals surface area contributed by atoms with E-state index in [4.69, 9.17) is 0 Å². The predicted octanol–water partition coefficient (Wildman–Crippen LogP) is 8.37. The maximum atomic E-state index is 14.1. The van der Waals surface area contributed by atoms with Gasteiger partial charge >= 0.3 is 0 Å². The van der Waals surface area contributed by atoms with Crippen molar-refractivity contribution < 1.29 is 4.39 Å². The molecule has 0 aromatic heterocycles. The summed E-state index contributed by atoms with van der Waals surface area (Å²) in [5, 5.41) is 0. The third-order valence-electron chi connectivity index (χ3n) is 10.2. The Morgan fingerprint density at radius 3 is 2.54 bits per heavy atom. The van der Waals surface area contributed by atoms with Gasteiger partial charge in [-0.05, 0) is 91.3 Å². The van der Waals surface area contributed by atoms with E-state index < -0.39 is 6.17 Å². The lowest BCUT2D eigenvalue weighted by molar-refractivity contribution is -0.0537. The van der Waals surface area contributed by atoms with Gasteiger partial charge in [0, 0.05) is 6.42 Å². The summed E-state index contributed by atoms with van der Waals surface area (Å²) in [5.74, 6) is 5.28. The largest absolute Gasteiger partial charge is 0.247 e. The summed E-state index contributed by atoms with van der Waals surface area (Å²) >= 11 is 0. The highest BCUT2D eigenvalue weighted by Gasteiger charge is 2.59. The average Bonchev–Trinajstić information content (AvgIpc) is 2.99. The molecule has 1 heteroatoms. The number of fused-ring (bicyclic) bond motifs is 5. The van der Waals surface area contributed by atoms with E-state index in [1.807, 2.05) is 0 Å². The van der Waals surface area contributed by atoms with Crippen molar-refractivity contribution in [3.8, 4) is 0 Å². The molecule has 3 saturated carbocycles. The quantitative estimate of drug-likeness (QED) is 0.415. The number of allylic oxidation sites excluding steroid dienone is 2. The van der Waals surface area contributed by atoms with Crippen molar-refractivity contribution in [2.45, 2.75) is 111 Å². The molecule has 4 aliphatic rings. The summed E-state index contributed by atoms with van der Waals surface area (Å²) in [4.78, 5) is 0. The first kappa shape index (κ1) is 20.9. The number of hydrogen-bond acceptors (Lipinski definition) is 0. The van der Waals surface area contributed by atoms with Crippen molar-refractivity contribution in [3.63, 3.8) is 0 Å². The smallest absolute Gasteiger partial charge is 0.104 e. The molecule has 0 heterocycles. The first-order chi connectivity index (χ1) is 13.3. The van der Waals surface area contributed by atoms with E-state index in [0.717, 1.165) is 54.8 Å². The van der Waals surface area contributed by atoms with Crippen LogP contribution in [0.4, 0.5) is 4.39 Å². The molecule has 28 heavy (non-hydrogen) atoms. The standard InChI is InChI=1S/C27H45F/c1-18(2)7-6-8-19(3)23-11-12-24-22-10-9-20-17-21(28)13-15-26(20,4)25(22)14-16-27(23,24)5/h9,18-19,21-25H,6-8,10-17H2,1-5H3/t19?,21-,22?,23?,24?,25?,26?,27?/m0/s1. The Morgan fingerprint density at radius 2 is 1.79 bits per heavy atom. The molecule has 3 fully saturated rings. The lowest BCUT2D eigenvalue weighted by Crippen LogP contribution is -2.50. The monoisotopic (exact) mass is 388 g/mol. The van der Waals surface area contributed by atoms with E-state index in [1.54, 1.807) is 0 Å². The maximum Gasteiger partial charge on any atom is 0.104 e. The van der Waals surface area contributed by atoms with Gasteiger partial charge in [0.1, 0.15) is 6.17 Å². The summed E-state index contributed by atoms with van der Waals surface area (Å²) < 4.78 is 14.1. The number of halogens is 1. The van der Waals surface area contributed by atoms with Gasteiger partial charge in [-0.25, -0.2) is 4.39 Å². The molecule has 0 aromatic carbocycles. The second kappa shape index (κ2) is 7.73. The van der Waals surface area contributed by atoms with Crippen molar-refractivity contribution in [2.24, 2.45) is 46.3 Å². The highest BCUT2D eigenvalue weighted by atomic mass is 19.1. The number of hydrogen-bond donors (Lipinski definition) is 0. The zero-order valence-corrected chi connectivity index (χ0v) is 19.3. The number of rotatable bonds is 5. The molecular formula is C27H45F. The molecule has 0 spiro atoms. The molecular weight excluding hydrogens is 343 g/mol. The van der Waals surface area contributed by atoms with Crippen LogP contribution >= 0.6 is 0 Å². The molecule has 8 atom stereocenters. The van der Waals surface area contributed by atoms with Gasteiger partial charge in [0.25, 0.3) is 0 Å². The molecule has 160 valence electrons. The summed E-state index contributed by atoms with van der Waals surface area (Å²) in [5.41, 5.74) is 2.37. The third kappa shape index (κ3) is 3.41. The van der Waals surface area contributed by atoms with Gasteiger partial charge in [-0.2, -0.15) is 0 Å². The lowest BCUT2D eigenvalue weighted by Gasteiger charge is -2.58. The minimum Gasteiger partial charge on any atom is -0.247 e. The fraction of sp³-hybridized carbons (Fsp3) is 0.926. The van der Waals surface area contributed by atoms with Gasteiger partial charge < -0.3 is 0 Å². The molecule has 0 radical (unpaired) electrons. The van der Waals surface area contributed by atoms with E-state index >= 15 is 0 Å². The van der Waals surface area contributed by atoms with Crippen LogP contribution in [0.3, 0.4) is 0 Å². The minimum absolute atomic E-state index is 0.313. The molecule has 7 unspecified atom stereocenters. The van der Waals surface area contributed by atoms with Crippen LogP contribution in [0, 0.1) is 46.3 Å². The van der Waals surface area contributed by atoms with Gasteiger partial charge in [0.2, 0.25) is 0 Å². The fourth-order valence-electron chi connectivity index (χ4n) is 8.64. The average molecular weight is 389 g/mol. The highest BCUT2D eigenvalue weighted by Crippen LogP contribution is 2.67. The third-order valence-corrected chi connectivity index (χ3v) is 10.2. The zero-order valence-electron chi connectivity index (χ0n) is 19.3. The Kier molecular flexibility index (Phi) is 5.78. The molecule has 0 bridgehead atoms. The van der Waals surface area contributed by atoms with Crippen LogP contribution in [0.1, 0.15) is 105 Å². The second-order valence-corrected chi connectivity index (χ2v) is 12.1. The molecule has 0 saturated heterocycles. The topological polar surface area (TPSA) is 0 Å². The van der Waals surface area contributed by atoms with E-state index in [9.17, 15) is 4.39 Å². The second-order valence-electron chi connectivity index (χ2n) is 12.1. The highest BCUT2D eigenvalue weighted by molar-refractivity contribution is 5.25. The molecule has 0 amide bonds. The summed E-state index contributed by atoms with van der Waals surface area (Å²) in [6, 6.07) is 0. The van der Waals surface area contributed by atoms with Crippen molar-refractivity contribution in [3.05, 3.63) is 11.6 Å². The Bertz CT molecular complexity index is 591. The summed E-state index contributed by atoms with van der Waals surface area (Å²) in [6.07, 6.45) is 15.8. The van der Waals surface area contributed by atoms with Crippen molar-refractivity contribution in [2.75, 3.05) is 0 Å². The van der Waals surface area contributed by atoms with Crippen LogP contribution in [0.25, 0.3) is 0 Å². The fourth-order valence-corrected chi connectivity index (χ4v) is 8.64. The van der Waals surface area contributed by atoms with E-state index in [2.05, 4.69) is 40.7 Å². The summed E-state index contributed by atoms with van der Waals surface area (Å²) in [6.45, 7) is 12.5. The Labute approximate surface area is 174 Å².